The molecule has 21 heavy (non-hydrogen) atoms. The summed E-state index contributed by atoms with van der Waals surface area (Å²) >= 11 is 11.6. The molecule has 1 N–H and O–H groups in total. The van der Waals surface area contributed by atoms with Gasteiger partial charge < -0.3 is 15.0 Å². The number of allylic oxidation sites excluding steroid dienone is 1. The Morgan fingerprint density at radius 1 is 1.48 bits per heavy atom. The molecular weight excluding hydrogens is 308 g/mol. The third-order valence-electron chi connectivity index (χ3n) is 3.47. The first-order chi connectivity index (χ1) is 9.97. The Morgan fingerprint density at radius 3 is 2.76 bits per heavy atom. The highest BCUT2D eigenvalue weighted by Crippen LogP contribution is 2.34. The number of carbonyl (C=O) groups excluding carboxylic acids is 1. The number of hydrogen-bond acceptors (Lipinski definition) is 3. The quantitative estimate of drug-likeness (QED) is 0.683. The Bertz CT molecular complexity index is 615. The maximum absolute atomic E-state index is 12.3. The monoisotopic (exact) mass is 324 g/mol. The molecule has 4 nitrogen and oxygen atoms in total. The molecule has 1 aliphatic heterocycles. The van der Waals surface area contributed by atoms with Crippen molar-refractivity contribution in [2.75, 3.05) is 13.7 Å². The fourth-order valence-corrected chi connectivity index (χ4v) is 2.75. The Balaban J connectivity index is 2.54. The summed E-state index contributed by atoms with van der Waals surface area (Å²) < 4.78 is 5.18. The Kier molecular flexibility index (Phi) is 4.85. The first-order valence-electron chi connectivity index (χ1n) is 6.63. The van der Waals surface area contributed by atoms with E-state index in [-0.39, 0.29) is 5.97 Å². The number of carbonyl (C=O) groups is 1. The van der Waals surface area contributed by atoms with Crippen molar-refractivity contribution in [1.82, 2.24) is 10.2 Å². The van der Waals surface area contributed by atoms with Crippen LogP contribution in [-0.2, 0) is 9.53 Å². The summed E-state index contributed by atoms with van der Waals surface area (Å²) in [6.07, 6.45) is 0. The maximum Gasteiger partial charge on any atom is 0.338 e. The van der Waals surface area contributed by atoms with Crippen LogP contribution in [0.2, 0.25) is 5.02 Å². The van der Waals surface area contributed by atoms with Crippen LogP contribution < -0.4 is 5.32 Å². The van der Waals surface area contributed by atoms with Crippen molar-refractivity contribution in [3.63, 3.8) is 0 Å². The largest absolute Gasteiger partial charge is 0.463 e. The van der Waals surface area contributed by atoms with Crippen LogP contribution in [-0.4, -0.2) is 29.6 Å². The summed E-state index contributed by atoms with van der Waals surface area (Å²) in [7, 11) is 1.81. The van der Waals surface area contributed by atoms with Gasteiger partial charge in [0, 0.05) is 17.8 Å². The molecule has 0 bridgehead atoms. The molecule has 1 aromatic carbocycles. The van der Waals surface area contributed by atoms with E-state index in [0.29, 0.717) is 22.3 Å². The smallest absolute Gasteiger partial charge is 0.338 e. The number of thiocarbonyl (C=S) groups is 1. The van der Waals surface area contributed by atoms with Gasteiger partial charge in [-0.1, -0.05) is 29.8 Å². The Hall–Kier alpha value is -1.59. The van der Waals surface area contributed by atoms with Crippen molar-refractivity contribution < 1.29 is 9.53 Å². The normalized spacial score (nSPS) is 18.6. The van der Waals surface area contributed by atoms with Gasteiger partial charge in [-0.2, -0.15) is 0 Å². The van der Waals surface area contributed by atoms with Crippen molar-refractivity contribution in [2.45, 2.75) is 19.9 Å². The number of esters is 1. The molecule has 1 heterocycles. The van der Waals surface area contributed by atoms with Crippen molar-refractivity contribution in [2.24, 2.45) is 0 Å². The number of nitrogens with zero attached hydrogens (tertiary/aromatic N) is 1. The fraction of sp³-hybridized carbons (Fsp3) is 0.333. The van der Waals surface area contributed by atoms with E-state index in [1.54, 1.807) is 17.9 Å². The standard InChI is InChI=1S/C15H17ClN2O2S/c1-4-20-14(19)12-9(2)18(3)15(21)17-13(12)10-7-5-6-8-11(10)16/h5-8,13H,4H2,1-3H3,(H,17,21)/t13-/m1/s1. The van der Waals surface area contributed by atoms with Crippen LogP contribution in [0.3, 0.4) is 0 Å². The Labute approximate surface area is 134 Å². The molecular formula is C15H17ClN2O2S. The van der Waals surface area contributed by atoms with Gasteiger partial charge in [-0.25, -0.2) is 4.79 Å². The zero-order valence-corrected chi connectivity index (χ0v) is 13.7. The predicted molar refractivity (Wildman–Crippen MR) is 87.0 cm³/mol. The summed E-state index contributed by atoms with van der Waals surface area (Å²) in [5, 5.41) is 4.28. The van der Waals surface area contributed by atoms with E-state index >= 15 is 0 Å². The van der Waals surface area contributed by atoms with E-state index in [4.69, 9.17) is 28.6 Å². The fourth-order valence-electron chi connectivity index (χ4n) is 2.25. The predicted octanol–water partition coefficient (Wildman–Crippen LogP) is 3.04. The van der Waals surface area contributed by atoms with E-state index in [0.717, 1.165) is 11.3 Å². The van der Waals surface area contributed by atoms with Gasteiger partial charge in [0.1, 0.15) is 0 Å². The summed E-state index contributed by atoms with van der Waals surface area (Å²) in [4.78, 5) is 14.1. The number of rotatable bonds is 3. The minimum atomic E-state index is -0.401. The molecule has 1 aromatic rings. The van der Waals surface area contributed by atoms with E-state index < -0.39 is 6.04 Å². The van der Waals surface area contributed by atoms with Crippen LogP contribution in [0.4, 0.5) is 0 Å². The number of nitrogens with one attached hydrogen (secondary N) is 1. The van der Waals surface area contributed by atoms with Crippen molar-refractivity contribution in [1.29, 1.82) is 0 Å². The van der Waals surface area contributed by atoms with Gasteiger partial charge in [-0.15, -0.1) is 0 Å². The maximum atomic E-state index is 12.3. The molecule has 0 amide bonds. The highest BCUT2D eigenvalue weighted by Gasteiger charge is 2.34. The number of hydrogen-bond donors (Lipinski definition) is 1. The number of benzene rings is 1. The van der Waals surface area contributed by atoms with E-state index in [9.17, 15) is 4.79 Å². The topological polar surface area (TPSA) is 41.6 Å². The first-order valence-corrected chi connectivity index (χ1v) is 7.42. The van der Waals surface area contributed by atoms with Crippen LogP contribution in [0.25, 0.3) is 0 Å². The van der Waals surface area contributed by atoms with Crippen LogP contribution in [0.1, 0.15) is 25.5 Å². The molecule has 1 aliphatic rings. The van der Waals surface area contributed by atoms with Crippen molar-refractivity contribution in [3.05, 3.63) is 46.1 Å². The summed E-state index contributed by atoms with van der Waals surface area (Å²) in [5.41, 5.74) is 2.10. The van der Waals surface area contributed by atoms with Crippen LogP contribution in [0, 0.1) is 0 Å². The first kappa shape index (κ1) is 15.8. The average Bonchev–Trinajstić information content (AvgIpc) is 2.45. The lowest BCUT2D eigenvalue weighted by atomic mass is 9.95. The highest BCUT2D eigenvalue weighted by atomic mass is 35.5. The van der Waals surface area contributed by atoms with Gasteiger partial charge in [0.05, 0.1) is 18.2 Å². The lowest BCUT2D eigenvalue weighted by molar-refractivity contribution is -0.139. The second-order valence-electron chi connectivity index (χ2n) is 4.68. The zero-order chi connectivity index (χ0) is 15.6. The molecule has 0 saturated heterocycles. The van der Waals surface area contributed by atoms with E-state index in [2.05, 4.69) is 5.32 Å². The summed E-state index contributed by atoms with van der Waals surface area (Å²) in [5.74, 6) is -0.359. The molecule has 0 aromatic heterocycles. The molecule has 0 unspecified atom stereocenters. The van der Waals surface area contributed by atoms with E-state index in [1.165, 1.54) is 0 Å². The van der Waals surface area contributed by atoms with Crippen LogP contribution in [0.15, 0.2) is 35.5 Å². The SMILES string of the molecule is CCOC(=O)C1=C(C)N(C)C(=S)N[C@@H]1c1ccccc1Cl. The van der Waals surface area contributed by atoms with Gasteiger partial charge in [-0.3, -0.25) is 0 Å². The molecule has 112 valence electrons. The molecule has 0 saturated carbocycles. The number of halogens is 1. The molecule has 1 atom stereocenters. The van der Waals surface area contributed by atoms with Gasteiger partial charge in [-0.05, 0) is 37.7 Å². The zero-order valence-electron chi connectivity index (χ0n) is 12.1. The minimum Gasteiger partial charge on any atom is -0.463 e. The van der Waals surface area contributed by atoms with Crippen molar-refractivity contribution in [3.8, 4) is 0 Å². The molecule has 0 fully saturated rings. The highest BCUT2D eigenvalue weighted by molar-refractivity contribution is 7.80. The van der Waals surface area contributed by atoms with Gasteiger partial charge in [0.15, 0.2) is 5.11 Å². The van der Waals surface area contributed by atoms with Crippen molar-refractivity contribution >= 4 is 34.9 Å². The minimum absolute atomic E-state index is 0.318. The van der Waals surface area contributed by atoms with Crippen LogP contribution >= 0.6 is 23.8 Å². The lowest BCUT2D eigenvalue weighted by Crippen LogP contribution is -2.46. The van der Waals surface area contributed by atoms with E-state index in [1.807, 2.05) is 32.2 Å². The third kappa shape index (κ3) is 3.04. The molecule has 2 rings (SSSR count). The Morgan fingerprint density at radius 2 is 2.14 bits per heavy atom. The van der Waals surface area contributed by atoms with Crippen LogP contribution in [0.5, 0.6) is 0 Å². The van der Waals surface area contributed by atoms with Gasteiger partial charge >= 0.3 is 5.97 Å². The second-order valence-corrected chi connectivity index (χ2v) is 5.48. The summed E-state index contributed by atoms with van der Waals surface area (Å²) in [6, 6.07) is 6.99. The van der Waals surface area contributed by atoms with Gasteiger partial charge in [0.25, 0.3) is 0 Å². The van der Waals surface area contributed by atoms with Gasteiger partial charge in [0.2, 0.25) is 0 Å². The second kappa shape index (κ2) is 6.45. The number of ether oxygens (including phenoxy) is 1. The summed E-state index contributed by atoms with van der Waals surface area (Å²) in [6.45, 7) is 3.95. The molecule has 0 radical (unpaired) electrons. The molecule has 0 spiro atoms. The lowest BCUT2D eigenvalue weighted by Gasteiger charge is -2.35. The molecule has 6 heteroatoms. The molecule has 0 aliphatic carbocycles. The third-order valence-corrected chi connectivity index (χ3v) is 4.20. The average molecular weight is 325 g/mol.